The first-order valence-corrected chi connectivity index (χ1v) is 5.90. The summed E-state index contributed by atoms with van der Waals surface area (Å²) in [4.78, 5) is 2.27. The van der Waals surface area contributed by atoms with Crippen molar-refractivity contribution in [2.75, 3.05) is 31.3 Å². The van der Waals surface area contributed by atoms with Gasteiger partial charge in [0.15, 0.2) is 0 Å². The zero-order valence-electron chi connectivity index (χ0n) is 9.72. The number of benzene rings is 1. The second kappa shape index (κ2) is 5.32. The number of ether oxygens (including phenoxy) is 1. The Balaban J connectivity index is 2.26. The first-order chi connectivity index (χ1) is 7.86. The number of hydrogen-bond acceptors (Lipinski definition) is 3. The molecule has 0 spiro atoms. The summed E-state index contributed by atoms with van der Waals surface area (Å²) in [5, 5.41) is 9.36. The number of aliphatic hydroxyl groups excluding tert-OH is 1. The first-order valence-electron chi connectivity index (χ1n) is 5.90. The van der Waals surface area contributed by atoms with Crippen molar-refractivity contribution >= 4 is 5.69 Å². The molecule has 1 aliphatic heterocycles. The van der Waals surface area contributed by atoms with Crippen molar-refractivity contribution in [1.82, 2.24) is 0 Å². The van der Waals surface area contributed by atoms with Gasteiger partial charge in [-0.1, -0.05) is 25.1 Å². The Labute approximate surface area is 96.6 Å². The summed E-state index contributed by atoms with van der Waals surface area (Å²) in [6, 6.07) is 8.50. The lowest BCUT2D eigenvalue weighted by Gasteiger charge is -2.37. The summed E-state index contributed by atoms with van der Waals surface area (Å²) in [5.74, 6) is 0. The fourth-order valence-corrected chi connectivity index (χ4v) is 2.21. The van der Waals surface area contributed by atoms with Crippen molar-refractivity contribution in [1.29, 1.82) is 0 Å². The van der Waals surface area contributed by atoms with Crippen LogP contribution in [0, 0.1) is 0 Å². The van der Waals surface area contributed by atoms with Gasteiger partial charge in [0.05, 0.1) is 25.9 Å². The minimum atomic E-state index is 0.0986. The monoisotopic (exact) mass is 221 g/mol. The van der Waals surface area contributed by atoms with Gasteiger partial charge in [-0.3, -0.25) is 0 Å². The van der Waals surface area contributed by atoms with Crippen molar-refractivity contribution in [2.24, 2.45) is 0 Å². The molecule has 0 amide bonds. The van der Waals surface area contributed by atoms with Crippen molar-refractivity contribution in [3.05, 3.63) is 29.8 Å². The van der Waals surface area contributed by atoms with Crippen LogP contribution >= 0.6 is 0 Å². The predicted molar refractivity (Wildman–Crippen MR) is 64.9 cm³/mol. The van der Waals surface area contributed by atoms with Gasteiger partial charge in [-0.2, -0.15) is 0 Å². The summed E-state index contributed by atoms with van der Waals surface area (Å²) >= 11 is 0. The average Bonchev–Trinajstić information content (AvgIpc) is 2.38. The van der Waals surface area contributed by atoms with Crippen LogP contribution < -0.4 is 4.90 Å². The smallest absolute Gasteiger partial charge is 0.0755 e. The molecule has 0 aromatic heterocycles. The van der Waals surface area contributed by atoms with E-state index in [4.69, 9.17) is 4.74 Å². The molecule has 1 aromatic carbocycles. The molecule has 1 unspecified atom stereocenters. The Morgan fingerprint density at radius 3 is 3.00 bits per heavy atom. The third kappa shape index (κ3) is 2.20. The predicted octanol–water partition coefficient (Wildman–Crippen LogP) is 1.45. The Bertz CT molecular complexity index is 340. The van der Waals surface area contributed by atoms with E-state index in [1.165, 1.54) is 11.3 Å². The highest BCUT2D eigenvalue weighted by atomic mass is 16.5. The van der Waals surface area contributed by atoms with Crippen molar-refractivity contribution in [2.45, 2.75) is 19.4 Å². The molecule has 0 saturated carbocycles. The summed E-state index contributed by atoms with van der Waals surface area (Å²) in [6.45, 7) is 4.54. The SMILES string of the molecule is CCc1ccccc1N1CCOCC1CO. The third-order valence-corrected chi connectivity index (χ3v) is 3.12. The minimum Gasteiger partial charge on any atom is -0.394 e. The van der Waals surface area contributed by atoms with Gasteiger partial charge in [0.1, 0.15) is 0 Å². The first kappa shape index (κ1) is 11.4. The highest BCUT2D eigenvalue weighted by Crippen LogP contribution is 2.24. The van der Waals surface area contributed by atoms with Crippen LogP contribution in [-0.2, 0) is 11.2 Å². The molecule has 0 aliphatic carbocycles. The zero-order valence-corrected chi connectivity index (χ0v) is 9.72. The molecule has 0 radical (unpaired) electrons. The normalized spacial score (nSPS) is 21.1. The van der Waals surface area contributed by atoms with Crippen LogP contribution in [0.15, 0.2) is 24.3 Å². The molecule has 1 aliphatic rings. The van der Waals surface area contributed by atoms with Crippen molar-refractivity contribution in [3.8, 4) is 0 Å². The van der Waals surface area contributed by atoms with Crippen LogP contribution in [0.25, 0.3) is 0 Å². The minimum absolute atomic E-state index is 0.0986. The number of para-hydroxylation sites is 1. The Morgan fingerprint density at radius 1 is 1.44 bits per heavy atom. The molecule has 1 saturated heterocycles. The lowest BCUT2D eigenvalue weighted by atomic mass is 10.1. The van der Waals surface area contributed by atoms with Crippen LogP contribution in [0.1, 0.15) is 12.5 Å². The molecular weight excluding hydrogens is 202 g/mol. The van der Waals surface area contributed by atoms with Crippen LogP contribution in [0.3, 0.4) is 0 Å². The number of aryl methyl sites for hydroxylation is 1. The second-order valence-corrected chi connectivity index (χ2v) is 4.09. The Morgan fingerprint density at radius 2 is 2.25 bits per heavy atom. The third-order valence-electron chi connectivity index (χ3n) is 3.12. The maximum Gasteiger partial charge on any atom is 0.0755 e. The molecule has 0 bridgehead atoms. The van der Waals surface area contributed by atoms with Crippen LogP contribution in [0.2, 0.25) is 0 Å². The van der Waals surface area contributed by atoms with Gasteiger partial charge in [0, 0.05) is 12.2 Å². The van der Waals surface area contributed by atoms with E-state index in [0.29, 0.717) is 6.61 Å². The van der Waals surface area contributed by atoms with E-state index in [9.17, 15) is 5.11 Å². The molecule has 1 atom stereocenters. The maximum absolute atomic E-state index is 9.36. The van der Waals surface area contributed by atoms with E-state index < -0.39 is 0 Å². The van der Waals surface area contributed by atoms with E-state index in [-0.39, 0.29) is 12.6 Å². The van der Waals surface area contributed by atoms with E-state index in [1.54, 1.807) is 0 Å². The maximum atomic E-state index is 9.36. The molecule has 16 heavy (non-hydrogen) atoms. The van der Waals surface area contributed by atoms with E-state index in [2.05, 4.69) is 36.1 Å². The van der Waals surface area contributed by atoms with Crippen molar-refractivity contribution in [3.63, 3.8) is 0 Å². The topological polar surface area (TPSA) is 32.7 Å². The quantitative estimate of drug-likeness (QED) is 0.838. The van der Waals surface area contributed by atoms with Crippen LogP contribution in [0.4, 0.5) is 5.69 Å². The fraction of sp³-hybridized carbons (Fsp3) is 0.538. The molecule has 2 rings (SSSR count). The summed E-state index contributed by atoms with van der Waals surface area (Å²) in [5.41, 5.74) is 2.58. The largest absolute Gasteiger partial charge is 0.394 e. The van der Waals surface area contributed by atoms with Gasteiger partial charge in [0.25, 0.3) is 0 Å². The Kier molecular flexibility index (Phi) is 3.80. The zero-order chi connectivity index (χ0) is 11.4. The van der Waals surface area contributed by atoms with Gasteiger partial charge in [-0.25, -0.2) is 0 Å². The molecule has 1 aromatic rings. The fourth-order valence-electron chi connectivity index (χ4n) is 2.21. The van der Waals surface area contributed by atoms with Gasteiger partial charge >= 0.3 is 0 Å². The molecule has 1 fully saturated rings. The lowest BCUT2D eigenvalue weighted by Crippen LogP contribution is -2.48. The van der Waals surface area contributed by atoms with Crippen molar-refractivity contribution < 1.29 is 9.84 Å². The van der Waals surface area contributed by atoms with Gasteiger partial charge in [-0.05, 0) is 18.1 Å². The van der Waals surface area contributed by atoms with Gasteiger partial charge < -0.3 is 14.7 Å². The van der Waals surface area contributed by atoms with Gasteiger partial charge in [-0.15, -0.1) is 0 Å². The van der Waals surface area contributed by atoms with Gasteiger partial charge in [0.2, 0.25) is 0 Å². The van der Waals surface area contributed by atoms with E-state index in [1.807, 2.05) is 0 Å². The summed E-state index contributed by atoms with van der Waals surface area (Å²) in [7, 11) is 0. The van der Waals surface area contributed by atoms with E-state index in [0.717, 1.165) is 19.6 Å². The number of rotatable bonds is 3. The lowest BCUT2D eigenvalue weighted by molar-refractivity contribution is 0.0726. The molecule has 3 heteroatoms. The number of anilines is 1. The number of nitrogens with zero attached hydrogens (tertiary/aromatic N) is 1. The second-order valence-electron chi connectivity index (χ2n) is 4.09. The number of aliphatic hydroxyl groups is 1. The van der Waals surface area contributed by atoms with E-state index >= 15 is 0 Å². The highest BCUT2D eigenvalue weighted by molar-refractivity contribution is 5.54. The summed E-state index contributed by atoms with van der Waals surface area (Å²) < 4.78 is 5.40. The molecule has 1 heterocycles. The average molecular weight is 221 g/mol. The van der Waals surface area contributed by atoms with Crippen LogP contribution in [-0.4, -0.2) is 37.5 Å². The highest BCUT2D eigenvalue weighted by Gasteiger charge is 2.23. The Hall–Kier alpha value is -1.06. The summed E-state index contributed by atoms with van der Waals surface area (Å²) in [6.07, 6.45) is 1.02. The molecule has 88 valence electrons. The molecule has 1 N–H and O–H groups in total. The standard InChI is InChI=1S/C13H19NO2/c1-2-11-5-3-4-6-13(11)14-7-8-16-10-12(14)9-15/h3-6,12,15H,2,7-10H2,1H3. The number of morpholine rings is 1. The van der Waals surface area contributed by atoms with Crippen LogP contribution in [0.5, 0.6) is 0 Å². The molecule has 3 nitrogen and oxygen atoms in total. The number of hydrogen-bond donors (Lipinski definition) is 1. The molecular formula is C13H19NO2.